The van der Waals surface area contributed by atoms with Crippen molar-refractivity contribution < 1.29 is 0 Å². The second-order valence-corrected chi connectivity index (χ2v) is 4.53. The Bertz CT molecular complexity index is 196. The van der Waals surface area contributed by atoms with Crippen LogP contribution in [0.25, 0.3) is 0 Å². The van der Waals surface area contributed by atoms with Crippen molar-refractivity contribution in [2.45, 2.75) is 18.9 Å². The Balaban J connectivity index is 2.97. The second kappa shape index (κ2) is 2.58. The third-order valence-corrected chi connectivity index (χ3v) is 1.85. The van der Waals surface area contributed by atoms with Crippen molar-refractivity contribution in [2.75, 3.05) is 0 Å². The van der Waals surface area contributed by atoms with Crippen LogP contribution >= 0.6 is 0 Å². The second-order valence-electron chi connectivity index (χ2n) is 3.09. The highest BCUT2D eigenvalue weighted by Gasteiger charge is 2.11. The lowest BCUT2D eigenvalue weighted by molar-refractivity contribution is 0.764. The quantitative estimate of drug-likeness (QED) is 0.533. The molecule has 2 radical (unpaired) electrons. The molecule has 0 aromatic heterocycles. The van der Waals surface area contributed by atoms with Crippen LogP contribution in [0.1, 0.15) is 19.4 Å². The average Bonchev–Trinajstić information content (AvgIpc) is 1.88. The highest BCUT2D eigenvalue weighted by molar-refractivity contribution is 6.15. The summed E-state index contributed by atoms with van der Waals surface area (Å²) in [6.45, 7) is 4.38. The predicted molar refractivity (Wildman–Crippen MR) is 46.6 cm³/mol. The highest BCUT2D eigenvalue weighted by atomic mass is 28.1. The summed E-state index contributed by atoms with van der Waals surface area (Å²) in [5.74, 6) is 0. The van der Waals surface area contributed by atoms with Crippen LogP contribution in [0.5, 0.6) is 0 Å². The molecule has 0 saturated carbocycles. The lowest BCUT2D eigenvalue weighted by Gasteiger charge is -2.17. The summed E-state index contributed by atoms with van der Waals surface area (Å²) in [4.78, 5) is 0. The molecule has 1 aromatic rings. The summed E-state index contributed by atoms with van der Waals surface area (Å²) in [7, 11) is 2.83. The van der Waals surface area contributed by atoms with Gasteiger partial charge in [0.15, 0.2) is 0 Å². The van der Waals surface area contributed by atoms with Gasteiger partial charge in [-0.1, -0.05) is 44.2 Å². The molecule has 0 bridgehead atoms. The zero-order valence-electron chi connectivity index (χ0n) is 6.46. The molecule has 0 N–H and O–H groups in total. The molecule has 0 aliphatic heterocycles. The normalized spacial score (nSPS) is 11.5. The molecule has 0 nitrogen and oxygen atoms in total. The van der Waals surface area contributed by atoms with E-state index in [1.807, 2.05) is 6.07 Å². The SMILES string of the molecule is CC(C)([SiH])c1ccccc1. The topological polar surface area (TPSA) is 0 Å². The molecule has 0 atom stereocenters. The van der Waals surface area contributed by atoms with Gasteiger partial charge in [-0.25, -0.2) is 0 Å². The highest BCUT2D eigenvalue weighted by Crippen LogP contribution is 2.17. The van der Waals surface area contributed by atoms with Crippen molar-refractivity contribution in [3.63, 3.8) is 0 Å². The van der Waals surface area contributed by atoms with Crippen molar-refractivity contribution in [1.82, 2.24) is 0 Å². The van der Waals surface area contributed by atoms with E-state index >= 15 is 0 Å². The molecule has 0 saturated heterocycles. The van der Waals surface area contributed by atoms with Gasteiger partial charge in [-0.3, -0.25) is 0 Å². The number of hydrogen-bond acceptors (Lipinski definition) is 0. The van der Waals surface area contributed by atoms with Gasteiger partial charge in [-0.2, -0.15) is 0 Å². The van der Waals surface area contributed by atoms with Gasteiger partial charge >= 0.3 is 0 Å². The largest absolute Gasteiger partial charge is 0.0622 e. The van der Waals surface area contributed by atoms with Gasteiger partial charge in [0.05, 0.1) is 0 Å². The first-order valence-corrected chi connectivity index (χ1v) is 4.03. The number of benzene rings is 1. The molecular formula is C9H12Si. The molecule has 0 aliphatic carbocycles. The van der Waals surface area contributed by atoms with E-state index in [0.717, 1.165) is 0 Å². The summed E-state index contributed by atoms with van der Waals surface area (Å²) in [6.07, 6.45) is 0. The average molecular weight is 148 g/mol. The maximum atomic E-state index is 2.83. The monoisotopic (exact) mass is 148 g/mol. The summed E-state index contributed by atoms with van der Waals surface area (Å²) in [5, 5.41) is 0.210. The molecule has 0 unspecified atom stereocenters. The Morgan fingerprint density at radius 3 is 1.90 bits per heavy atom. The first-order valence-electron chi connectivity index (χ1n) is 3.45. The van der Waals surface area contributed by atoms with Gasteiger partial charge in [0.1, 0.15) is 0 Å². The minimum absolute atomic E-state index is 0.210. The van der Waals surface area contributed by atoms with E-state index in [1.54, 1.807) is 0 Å². The molecule has 10 heavy (non-hydrogen) atoms. The van der Waals surface area contributed by atoms with Crippen LogP contribution in [0.2, 0.25) is 0 Å². The van der Waals surface area contributed by atoms with Gasteiger partial charge < -0.3 is 0 Å². The molecule has 1 rings (SSSR count). The smallest absolute Gasteiger partial charge is 0.0285 e. The van der Waals surface area contributed by atoms with E-state index in [0.29, 0.717) is 0 Å². The van der Waals surface area contributed by atoms with Crippen LogP contribution in [-0.2, 0) is 5.04 Å². The van der Waals surface area contributed by atoms with Gasteiger partial charge in [0, 0.05) is 10.2 Å². The van der Waals surface area contributed by atoms with Gasteiger partial charge in [-0.15, -0.1) is 0 Å². The first-order chi connectivity index (χ1) is 4.61. The van der Waals surface area contributed by atoms with Crippen LogP contribution in [0.15, 0.2) is 30.3 Å². The van der Waals surface area contributed by atoms with E-state index in [-0.39, 0.29) is 5.04 Å². The molecule has 52 valence electrons. The van der Waals surface area contributed by atoms with Gasteiger partial charge in [0.2, 0.25) is 0 Å². The maximum Gasteiger partial charge on any atom is 0.0285 e. The Morgan fingerprint density at radius 1 is 1.10 bits per heavy atom. The standard InChI is InChI=1S/C9H12Si/c1-9(2,10)8-6-4-3-5-7-8/h3-7,10H,1-2H3. The molecule has 0 amide bonds. The first kappa shape index (κ1) is 7.54. The molecule has 0 fully saturated rings. The lowest BCUT2D eigenvalue weighted by Crippen LogP contribution is -2.15. The molecule has 1 aromatic carbocycles. The van der Waals surface area contributed by atoms with Gasteiger partial charge in [0.25, 0.3) is 0 Å². The number of rotatable bonds is 1. The Hall–Kier alpha value is -0.563. The summed E-state index contributed by atoms with van der Waals surface area (Å²) < 4.78 is 0. The molecule has 1 heteroatoms. The fraction of sp³-hybridized carbons (Fsp3) is 0.333. The van der Waals surface area contributed by atoms with E-state index < -0.39 is 0 Å². The van der Waals surface area contributed by atoms with Crippen LogP contribution in [-0.4, -0.2) is 10.2 Å². The Kier molecular flexibility index (Phi) is 1.95. The minimum Gasteiger partial charge on any atom is -0.0622 e. The van der Waals surface area contributed by atoms with E-state index in [2.05, 4.69) is 48.4 Å². The predicted octanol–water partition coefficient (Wildman–Crippen LogP) is 1.82. The van der Waals surface area contributed by atoms with Crippen LogP contribution < -0.4 is 0 Å². The third kappa shape index (κ3) is 1.71. The molecule has 0 aliphatic rings. The fourth-order valence-electron chi connectivity index (χ4n) is 0.868. The van der Waals surface area contributed by atoms with Crippen molar-refractivity contribution in [3.05, 3.63) is 35.9 Å². The minimum atomic E-state index is 0.210. The van der Waals surface area contributed by atoms with Crippen LogP contribution in [0, 0.1) is 0 Å². The van der Waals surface area contributed by atoms with Crippen molar-refractivity contribution in [2.24, 2.45) is 0 Å². The van der Waals surface area contributed by atoms with Crippen LogP contribution in [0.3, 0.4) is 0 Å². The maximum absolute atomic E-state index is 2.83. The lowest BCUT2D eigenvalue weighted by atomic mass is 10.0. The summed E-state index contributed by atoms with van der Waals surface area (Å²) in [5.41, 5.74) is 1.36. The van der Waals surface area contributed by atoms with Gasteiger partial charge in [-0.05, 0) is 10.6 Å². The zero-order valence-corrected chi connectivity index (χ0v) is 7.62. The summed E-state index contributed by atoms with van der Waals surface area (Å²) >= 11 is 0. The third-order valence-electron chi connectivity index (χ3n) is 1.52. The van der Waals surface area contributed by atoms with Crippen LogP contribution in [0.4, 0.5) is 0 Å². The molecule has 0 heterocycles. The molecule has 0 spiro atoms. The Labute approximate surface area is 65.7 Å². The van der Waals surface area contributed by atoms with E-state index in [4.69, 9.17) is 0 Å². The van der Waals surface area contributed by atoms with Crippen molar-refractivity contribution >= 4 is 10.2 Å². The number of hydrogen-bond donors (Lipinski definition) is 0. The summed E-state index contributed by atoms with van der Waals surface area (Å²) in [6, 6.07) is 10.5. The van der Waals surface area contributed by atoms with Crippen molar-refractivity contribution in [1.29, 1.82) is 0 Å². The van der Waals surface area contributed by atoms with E-state index in [1.165, 1.54) is 5.56 Å². The van der Waals surface area contributed by atoms with Crippen molar-refractivity contribution in [3.8, 4) is 0 Å². The Morgan fingerprint density at radius 2 is 1.60 bits per heavy atom. The zero-order chi connectivity index (χ0) is 7.61. The fourth-order valence-corrected chi connectivity index (χ4v) is 1.06. The van der Waals surface area contributed by atoms with E-state index in [9.17, 15) is 0 Å². The molecular weight excluding hydrogens is 136 g/mol.